The Hall–Kier alpha value is -4.14. The molecule has 0 saturated carbocycles. The lowest BCUT2D eigenvalue weighted by Crippen LogP contribution is -2.54. The Balaban J connectivity index is 1.82. The average Bonchev–Trinajstić information content (AvgIpc) is 3.02. The summed E-state index contributed by atoms with van der Waals surface area (Å²) in [4.78, 5) is 30.0. The average molecular weight is 646 g/mol. The molecule has 4 aromatic rings. The summed E-state index contributed by atoms with van der Waals surface area (Å²) in [6, 6.07) is 29.2. The number of sulfonamides is 1. The second kappa shape index (κ2) is 15.2. The van der Waals surface area contributed by atoms with Crippen LogP contribution in [0.15, 0.2) is 108 Å². The molecule has 0 aromatic heterocycles. The summed E-state index contributed by atoms with van der Waals surface area (Å²) in [6.45, 7) is 7.26. The molecule has 2 atom stereocenters. The van der Waals surface area contributed by atoms with Crippen LogP contribution < -0.4 is 9.62 Å². The summed E-state index contributed by atoms with van der Waals surface area (Å²) in [5.41, 5.74) is 3.77. The second-order valence-electron chi connectivity index (χ2n) is 11.3. The monoisotopic (exact) mass is 645 g/mol. The van der Waals surface area contributed by atoms with E-state index in [1.54, 1.807) is 36.4 Å². The van der Waals surface area contributed by atoms with Gasteiger partial charge in [-0.05, 0) is 62.6 Å². The number of anilines is 1. The van der Waals surface area contributed by atoms with E-state index >= 15 is 0 Å². The van der Waals surface area contributed by atoms with Gasteiger partial charge in [-0.25, -0.2) is 8.42 Å². The Labute approximate surface area is 271 Å². The van der Waals surface area contributed by atoms with Crippen LogP contribution in [0.2, 0.25) is 5.02 Å². The first-order valence-electron chi connectivity index (χ1n) is 15.0. The van der Waals surface area contributed by atoms with Gasteiger partial charge in [-0.15, -0.1) is 0 Å². The zero-order valence-electron chi connectivity index (χ0n) is 26.1. The van der Waals surface area contributed by atoms with Gasteiger partial charge >= 0.3 is 0 Å². The summed E-state index contributed by atoms with van der Waals surface area (Å²) >= 11 is 6.55. The number of halogens is 1. The van der Waals surface area contributed by atoms with Crippen LogP contribution in [0, 0.1) is 13.8 Å². The number of nitrogens with one attached hydrogen (secondary N) is 1. The van der Waals surface area contributed by atoms with E-state index in [1.165, 1.54) is 17.0 Å². The molecule has 0 bridgehead atoms. The van der Waals surface area contributed by atoms with Crippen molar-refractivity contribution in [3.63, 3.8) is 0 Å². The topological polar surface area (TPSA) is 86.8 Å². The van der Waals surface area contributed by atoms with Crippen molar-refractivity contribution in [3.8, 4) is 0 Å². The van der Waals surface area contributed by atoms with Crippen LogP contribution in [0.3, 0.4) is 0 Å². The van der Waals surface area contributed by atoms with E-state index in [1.807, 2.05) is 82.3 Å². The Morgan fingerprint density at radius 3 is 2.11 bits per heavy atom. The Morgan fingerprint density at radius 2 is 1.47 bits per heavy atom. The highest BCUT2D eigenvalue weighted by molar-refractivity contribution is 7.92. The zero-order valence-corrected chi connectivity index (χ0v) is 27.7. The molecule has 4 rings (SSSR count). The summed E-state index contributed by atoms with van der Waals surface area (Å²) in [7, 11) is -4.23. The minimum absolute atomic E-state index is 0.0291. The Bertz CT molecular complexity index is 1710. The maximum atomic E-state index is 14.5. The van der Waals surface area contributed by atoms with Crippen molar-refractivity contribution in [2.24, 2.45) is 0 Å². The highest BCUT2D eigenvalue weighted by Crippen LogP contribution is 2.31. The predicted octanol–water partition coefficient (Wildman–Crippen LogP) is 6.71. The molecule has 0 aliphatic heterocycles. The molecule has 0 fully saturated rings. The number of rotatable bonds is 13. The van der Waals surface area contributed by atoms with Gasteiger partial charge in [0.25, 0.3) is 10.0 Å². The molecule has 236 valence electrons. The molecule has 2 amide bonds. The molecular weight excluding hydrogens is 606 g/mol. The number of aryl methyl sites for hydroxylation is 2. The normalized spacial score (nSPS) is 12.6. The van der Waals surface area contributed by atoms with Gasteiger partial charge in [0.05, 0.1) is 15.6 Å². The second-order valence-corrected chi connectivity index (χ2v) is 13.6. The fourth-order valence-corrected chi connectivity index (χ4v) is 6.73. The third-order valence-corrected chi connectivity index (χ3v) is 9.81. The largest absolute Gasteiger partial charge is 0.352 e. The van der Waals surface area contributed by atoms with Crippen molar-refractivity contribution in [1.29, 1.82) is 0 Å². The first-order chi connectivity index (χ1) is 21.5. The van der Waals surface area contributed by atoms with Crippen molar-refractivity contribution in [2.45, 2.75) is 64.1 Å². The standard InChI is InChI=1S/C36H40ClN3O4S/c1-5-28(4)38-36(42)34(23-29-13-7-6-8-14-29)39(24-30-15-11-12-27(3)22-30)35(41)25-40(33-17-10-9-16-32(33)37)45(43,44)31-20-18-26(2)19-21-31/h6-22,28,34H,5,23-25H2,1-4H3,(H,38,42)/t28-,34-/m1/s1. The van der Waals surface area contributed by atoms with Gasteiger partial charge < -0.3 is 10.2 Å². The summed E-state index contributed by atoms with van der Waals surface area (Å²) < 4.78 is 29.3. The van der Waals surface area contributed by atoms with Gasteiger partial charge in [-0.2, -0.15) is 0 Å². The lowest BCUT2D eigenvalue weighted by molar-refractivity contribution is -0.140. The molecule has 1 N–H and O–H groups in total. The number of carbonyl (C=O) groups excluding carboxylic acids is 2. The Morgan fingerprint density at radius 1 is 0.822 bits per heavy atom. The molecule has 0 saturated heterocycles. The first kappa shape index (κ1) is 33.7. The number of para-hydroxylation sites is 1. The first-order valence-corrected chi connectivity index (χ1v) is 16.8. The summed E-state index contributed by atoms with van der Waals surface area (Å²) in [5.74, 6) is -0.841. The third kappa shape index (κ3) is 8.74. The molecule has 0 heterocycles. The summed E-state index contributed by atoms with van der Waals surface area (Å²) in [5, 5.41) is 3.23. The summed E-state index contributed by atoms with van der Waals surface area (Å²) in [6.07, 6.45) is 0.960. The van der Waals surface area contributed by atoms with E-state index in [0.717, 1.165) is 26.6 Å². The SMILES string of the molecule is CC[C@@H](C)NC(=O)[C@@H](Cc1ccccc1)N(Cc1cccc(C)c1)C(=O)CN(c1ccccc1Cl)S(=O)(=O)c1ccc(C)cc1. The van der Waals surface area contributed by atoms with E-state index in [-0.39, 0.29) is 40.5 Å². The van der Waals surface area contributed by atoms with E-state index in [2.05, 4.69) is 5.32 Å². The molecule has 0 aliphatic carbocycles. The van der Waals surface area contributed by atoms with Crippen LogP contribution in [0.4, 0.5) is 5.69 Å². The number of benzene rings is 4. The van der Waals surface area contributed by atoms with Gasteiger partial charge in [-0.3, -0.25) is 13.9 Å². The number of carbonyl (C=O) groups is 2. The van der Waals surface area contributed by atoms with Gasteiger partial charge in [0, 0.05) is 19.0 Å². The third-order valence-electron chi connectivity index (χ3n) is 7.72. The van der Waals surface area contributed by atoms with Crippen LogP contribution in [-0.4, -0.2) is 43.8 Å². The minimum atomic E-state index is -4.23. The van der Waals surface area contributed by atoms with E-state index < -0.39 is 28.5 Å². The molecule has 7 nitrogen and oxygen atoms in total. The van der Waals surface area contributed by atoms with Gasteiger partial charge in [0.15, 0.2) is 0 Å². The number of hydrogen-bond acceptors (Lipinski definition) is 4. The van der Waals surface area contributed by atoms with Gasteiger partial charge in [0.2, 0.25) is 11.8 Å². The van der Waals surface area contributed by atoms with Gasteiger partial charge in [0.1, 0.15) is 12.6 Å². The zero-order chi connectivity index (χ0) is 32.6. The minimum Gasteiger partial charge on any atom is -0.352 e. The fraction of sp³-hybridized carbons (Fsp3) is 0.278. The predicted molar refractivity (Wildman–Crippen MR) is 181 cm³/mol. The molecule has 4 aromatic carbocycles. The lowest BCUT2D eigenvalue weighted by atomic mass is 10.0. The maximum Gasteiger partial charge on any atom is 0.264 e. The van der Waals surface area contributed by atoms with Crippen LogP contribution in [0.1, 0.15) is 42.5 Å². The molecule has 45 heavy (non-hydrogen) atoms. The van der Waals surface area contributed by atoms with E-state index in [0.29, 0.717) is 6.42 Å². The molecule has 9 heteroatoms. The number of hydrogen-bond donors (Lipinski definition) is 1. The van der Waals surface area contributed by atoms with Crippen molar-refractivity contribution in [1.82, 2.24) is 10.2 Å². The van der Waals surface area contributed by atoms with Crippen molar-refractivity contribution in [3.05, 3.63) is 130 Å². The van der Waals surface area contributed by atoms with E-state index in [9.17, 15) is 18.0 Å². The van der Waals surface area contributed by atoms with Crippen molar-refractivity contribution in [2.75, 3.05) is 10.8 Å². The Kier molecular flexibility index (Phi) is 11.4. The van der Waals surface area contributed by atoms with E-state index in [4.69, 9.17) is 11.6 Å². The van der Waals surface area contributed by atoms with Crippen molar-refractivity contribution < 1.29 is 18.0 Å². The van der Waals surface area contributed by atoms with Crippen LogP contribution in [-0.2, 0) is 32.6 Å². The highest BCUT2D eigenvalue weighted by atomic mass is 35.5. The van der Waals surface area contributed by atoms with Crippen LogP contribution in [0.5, 0.6) is 0 Å². The van der Waals surface area contributed by atoms with Crippen LogP contribution >= 0.6 is 11.6 Å². The number of nitrogens with zero attached hydrogens (tertiary/aromatic N) is 2. The molecule has 0 unspecified atom stereocenters. The smallest absolute Gasteiger partial charge is 0.264 e. The molecular formula is C36H40ClN3O4S. The quantitative estimate of drug-likeness (QED) is 0.175. The van der Waals surface area contributed by atoms with Gasteiger partial charge in [-0.1, -0.05) is 109 Å². The van der Waals surface area contributed by atoms with Crippen LogP contribution in [0.25, 0.3) is 0 Å². The molecule has 0 radical (unpaired) electrons. The fourth-order valence-electron chi connectivity index (χ4n) is 5.01. The van der Waals surface area contributed by atoms with Crippen molar-refractivity contribution >= 4 is 39.1 Å². The number of amides is 2. The highest BCUT2D eigenvalue weighted by Gasteiger charge is 2.35. The maximum absolute atomic E-state index is 14.5. The molecule has 0 aliphatic rings. The lowest BCUT2D eigenvalue weighted by Gasteiger charge is -2.34. The molecule has 0 spiro atoms.